The number of nitrogens with zero attached hydrogens (tertiary/aromatic N) is 1. The molecule has 1 atom stereocenters. The van der Waals surface area contributed by atoms with Crippen molar-refractivity contribution in [1.29, 1.82) is 0 Å². The van der Waals surface area contributed by atoms with Gasteiger partial charge in [0.15, 0.2) is 0 Å². The van der Waals surface area contributed by atoms with E-state index in [0.717, 1.165) is 24.0 Å². The summed E-state index contributed by atoms with van der Waals surface area (Å²) in [6.07, 6.45) is 3.00. The molecule has 0 bridgehead atoms. The summed E-state index contributed by atoms with van der Waals surface area (Å²) in [4.78, 5) is 12.4. The van der Waals surface area contributed by atoms with Crippen LogP contribution in [0.5, 0.6) is 0 Å². The zero-order chi connectivity index (χ0) is 19.6. The van der Waals surface area contributed by atoms with E-state index in [0.29, 0.717) is 17.9 Å². The van der Waals surface area contributed by atoms with Crippen LogP contribution in [0.1, 0.15) is 36.8 Å². The van der Waals surface area contributed by atoms with Crippen LogP contribution in [0.15, 0.2) is 42.5 Å². The zero-order valence-corrected chi connectivity index (χ0v) is 16.2. The Morgan fingerprint density at radius 2 is 1.93 bits per heavy atom. The molecular weight excluding hydrogens is 367 g/mol. The van der Waals surface area contributed by atoms with Crippen molar-refractivity contribution in [3.63, 3.8) is 0 Å². The molecule has 0 aliphatic carbocycles. The number of halogens is 1. The number of benzene rings is 2. The molecule has 0 fully saturated rings. The number of sulfonamides is 1. The molecule has 1 amide bonds. The van der Waals surface area contributed by atoms with Crippen molar-refractivity contribution >= 4 is 27.3 Å². The maximum absolute atomic E-state index is 13.0. The summed E-state index contributed by atoms with van der Waals surface area (Å²) in [5.74, 6) is -0.473. The van der Waals surface area contributed by atoms with Gasteiger partial charge in [0.2, 0.25) is 15.9 Å². The topological polar surface area (TPSA) is 66.5 Å². The molecule has 2 aromatic rings. The van der Waals surface area contributed by atoms with E-state index in [2.05, 4.69) is 5.32 Å². The maximum Gasteiger partial charge on any atom is 0.232 e. The van der Waals surface area contributed by atoms with E-state index in [9.17, 15) is 17.6 Å². The second-order valence-electron chi connectivity index (χ2n) is 6.99. The third kappa shape index (κ3) is 4.66. The van der Waals surface area contributed by atoms with E-state index in [4.69, 9.17) is 0 Å². The van der Waals surface area contributed by atoms with Crippen molar-refractivity contribution in [3.8, 4) is 0 Å². The Bertz CT molecular complexity index is 942. The van der Waals surface area contributed by atoms with Crippen LogP contribution < -0.4 is 9.62 Å². The third-order valence-corrected chi connectivity index (χ3v) is 5.95. The fourth-order valence-corrected chi connectivity index (χ4v) is 4.38. The number of hydrogen-bond acceptors (Lipinski definition) is 3. The Labute approximate surface area is 159 Å². The molecule has 2 aromatic carbocycles. The lowest BCUT2D eigenvalue weighted by molar-refractivity contribution is -0.116. The molecule has 27 heavy (non-hydrogen) atoms. The molecule has 7 heteroatoms. The summed E-state index contributed by atoms with van der Waals surface area (Å²) in [5, 5.41) is 2.88. The standard InChI is InChI=1S/C20H23FN2O3S/c1-14(15-5-7-17(21)8-6-15)12-20(24)22-18-9-10-19-16(13-18)4-3-11-23(19)27(2,25)26/h5-10,13-14H,3-4,11-12H2,1-2H3,(H,22,24). The lowest BCUT2D eigenvalue weighted by Crippen LogP contribution is -2.34. The third-order valence-electron chi connectivity index (χ3n) is 4.77. The number of fused-ring (bicyclic) bond motifs is 1. The van der Waals surface area contributed by atoms with Gasteiger partial charge in [0.05, 0.1) is 11.9 Å². The van der Waals surface area contributed by atoms with Crippen LogP contribution >= 0.6 is 0 Å². The molecule has 0 saturated carbocycles. The zero-order valence-electron chi connectivity index (χ0n) is 15.4. The average molecular weight is 390 g/mol. The van der Waals surface area contributed by atoms with Crippen molar-refractivity contribution in [3.05, 3.63) is 59.4 Å². The van der Waals surface area contributed by atoms with Crippen LogP contribution in [0.25, 0.3) is 0 Å². The predicted molar refractivity (Wildman–Crippen MR) is 105 cm³/mol. The second kappa shape index (κ2) is 7.68. The van der Waals surface area contributed by atoms with Gasteiger partial charge in [-0.1, -0.05) is 19.1 Å². The molecule has 1 unspecified atom stereocenters. The van der Waals surface area contributed by atoms with Crippen molar-refractivity contribution in [2.24, 2.45) is 0 Å². The molecule has 1 aliphatic heterocycles. The summed E-state index contributed by atoms with van der Waals surface area (Å²) in [6, 6.07) is 11.5. The van der Waals surface area contributed by atoms with Crippen molar-refractivity contribution in [2.45, 2.75) is 32.1 Å². The molecular formula is C20H23FN2O3S. The normalized spacial score (nSPS) is 15.1. The fraction of sp³-hybridized carbons (Fsp3) is 0.350. The minimum Gasteiger partial charge on any atom is -0.326 e. The van der Waals surface area contributed by atoms with E-state index in [1.54, 1.807) is 24.3 Å². The largest absolute Gasteiger partial charge is 0.326 e. The SMILES string of the molecule is CC(CC(=O)Nc1ccc2c(c1)CCCN2S(C)(=O)=O)c1ccc(F)cc1. The van der Waals surface area contributed by atoms with Gasteiger partial charge >= 0.3 is 0 Å². The minimum absolute atomic E-state index is 0.0380. The molecule has 1 N–H and O–H groups in total. The first-order valence-electron chi connectivity index (χ1n) is 8.90. The van der Waals surface area contributed by atoms with Gasteiger partial charge in [-0.3, -0.25) is 9.10 Å². The van der Waals surface area contributed by atoms with Crippen molar-refractivity contribution in [1.82, 2.24) is 0 Å². The molecule has 3 rings (SSSR count). The maximum atomic E-state index is 13.0. The van der Waals surface area contributed by atoms with Gasteiger partial charge in [-0.2, -0.15) is 0 Å². The Kier molecular flexibility index (Phi) is 5.51. The predicted octanol–water partition coefficient (Wildman–Crippen LogP) is 3.67. The number of aryl methyl sites for hydroxylation is 1. The smallest absolute Gasteiger partial charge is 0.232 e. The lowest BCUT2D eigenvalue weighted by Gasteiger charge is -2.29. The first-order valence-corrected chi connectivity index (χ1v) is 10.7. The highest BCUT2D eigenvalue weighted by Crippen LogP contribution is 2.31. The van der Waals surface area contributed by atoms with E-state index >= 15 is 0 Å². The van der Waals surface area contributed by atoms with Crippen LogP contribution in [0.3, 0.4) is 0 Å². The molecule has 0 aromatic heterocycles. The van der Waals surface area contributed by atoms with Crippen molar-refractivity contribution in [2.75, 3.05) is 22.4 Å². The Balaban J connectivity index is 1.69. The van der Waals surface area contributed by atoms with Gasteiger partial charge in [-0.15, -0.1) is 0 Å². The van der Waals surface area contributed by atoms with Gasteiger partial charge in [-0.05, 0) is 60.2 Å². The quantitative estimate of drug-likeness (QED) is 0.847. The Hall–Kier alpha value is -2.41. The number of anilines is 2. The number of hydrogen-bond donors (Lipinski definition) is 1. The summed E-state index contributed by atoms with van der Waals surface area (Å²) in [5.41, 5.74) is 3.15. The van der Waals surface area contributed by atoms with Crippen LogP contribution in [-0.2, 0) is 21.2 Å². The average Bonchev–Trinajstić information content (AvgIpc) is 2.60. The number of carbonyl (C=O) groups is 1. The number of nitrogens with one attached hydrogen (secondary N) is 1. The van der Waals surface area contributed by atoms with Crippen molar-refractivity contribution < 1.29 is 17.6 Å². The number of carbonyl (C=O) groups excluding carboxylic acids is 1. The fourth-order valence-electron chi connectivity index (χ4n) is 3.38. The van der Waals surface area contributed by atoms with E-state index in [1.807, 2.05) is 13.0 Å². The van der Waals surface area contributed by atoms with Crippen LogP contribution in [0.4, 0.5) is 15.8 Å². The van der Waals surface area contributed by atoms with Gasteiger partial charge in [-0.25, -0.2) is 12.8 Å². The number of rotatable bonds is 5. The second-order valence-corrected chi connectivity index (χ2v) is 8.89. The molecule has 144 valence electrons. The highest BCUT2D eigenvalue weighted by molar-refractivity contribution is 7.92. The van der Waals surface area contributed by atoms with E-state index in [-0.39, 0.29) is 24.1 Å². The Morgan fingerprint density at radius 1 is 1.22 bits per heavy atom. The van der Waals surface area contributed by atoms with Crippen LogP contribution in [-0.4, -0.2) is 27.1 Å². The summed E-state index contributed by atoms with van der Waals surface area (Å²) in [6.45, 7) is 2.40. The molecule has 1 aliphatic rings. The highest BCUT2D eigenvalue weighted by Gasteiger charge is 2.24. The monoisotopic (exact) mass is 390 g/mol. The van der Waals surface area contributed by atoms with Crippen LogP contribution in [0.2, 0.25) is 0 Å². The number of amides is 1. The summed E-state index contributed by atoms with van der Waals surface area (Å²) in [7, 11) is -3.31. The summed E-state index contributed by atoms with van der Waals surface area (Å²) < 4.78 is 38.3. The molecule has 0 saturated heterocycles. The first-order chi connectivity index (χ1) is 12.7. The lowest BCUT2D eigenvalue weighted by atomic mass is 9.97. The minimum atomic E-state index is -3.31. The van der Waals surface area contributed by atoms with Crippen LogP contribution in [0, 0.1) is 5.82 Å². The van der Waals surface area contributed by atoms with Gasteiger partial charge < -0.3 is 5.32 Å². The first kappa shape index (κ1) is 19.4. The molecule has 1 heterocycles. The van der Waals surface area contributed by atoms with E-state index < -0.39 is 10.0 Å². The Morgan fingerprint density at radius 3 is 2.59 bits per heavy atom. The van der Waals surface area contributed by atoms with Gasteiger partial charge in [0.1, 0.15) is 5.82 Å². The summed E-state index contributed by atoms with van der Waals surface area (Å²) >= 11 is 0. The van der Waals surface area contributed by atoms with E-state index in [1.165, 1.54) is 22.7 Å². The molecule has 0 spiro atoms. The van der Waals surface area contributed by atoms with Gasteiger partial charge in [0.25, 0.3) is 0 Å². The van der Waals surface area contributed by atoms with Gasteiger partial charge in [0, 0.05) is 18.7 Å². The highest BCUT2D eigenvalue weighted by atomic mass is 32.2. The molecule has 0 radical (unpaired) electrons. The molecule has 5 nitrogen and oxygen atoms in total.